The van der Waals surface area contributed by atoms with Gasteiger partial charge in [-0.05, 0) is 37.0 Å². The van der Waals surface area contributed by atoms with Gasteiger partial charge in [-0.25, -0.2) is 0 Å². The number of likely N-dealkylation sites (tertiary alicyclic amines) is 1. The molecule has 0 aliphatic carbocycles. The molecule has 4 aliphatic heterocycles. The molecule has 6 rings (SSSR count). The maximum atomic E-state index is 14.9. The average molecular weight is 692 g/mol. The molecule has 11 nitrogen and oxygen atoms in total. The second kappa shape index (κ2) is 14.4. The fraction of sp³-hybridized carbons (Fsp3) is 0.459. The number of aliphatic hydroxyl groups is 1. The number of carbonyl (C=O) groups excluding carboxylic acids is 4. The standard InChI is InChI=1S/C37H42ClN3O8/c1-4-24(20-42)41-33-35(45)40(31-22(2)12-10-15-25(31)38)19-11-18-37(33)30(34(41)44)29-27(49-37)16-8-9-17-28(43)39-26(21-47-3)32(48-36(29)46)23-13-6-5-7-14-23/h5-8,10-16,18,24,26-27,29-30,32-33,42H,4,9,17,19-21H2,1-3H3,(H,39,43)/b16-8-/t24-,26-,27-,29+,30+,32-,33-,37+/m0/s1. The van der Waals surface area contributed by atoms with E-state index in [2.05, 4.69) is 5.32 Å². The summed E-state index contributed by atoms with van der Waals surface area (Å²) in [5.41, 5.74) is 0.351. The molecule has 2 fully saturated rings. The lowest BCUT2D eigenvalue weighted by Crippen LogP contribution is -2.58. The number of benzene rings is 2. The van der Waals surface area contributed by atoms with E-state index in [0.717, 1.165) is 5.56 Å². The highest BCUT2D eigenvalue weighted by Gasteiger charge is 2.72. The second-order valence-electron chi connectivity index (χ2n) is 13.0. The van der Waals surface area contributed by atoms with Crippen molar-refractivity contribution in [3.63, 3.8) is 0 Å². The van der Waals surface area contributed by atoms with Crippen LogP contribution in [-0.2, 0) is 33.4 Å². The van der Waals surface area contributed by atoms with Crippen molar-refractivity contribution in [2.75, 3.05) is 31.8 Å². The van der Waals surface area contributed by atoms with Crippen molar-refractivity contribution < 1.29 is 38.5 Å². The third kappa shape index (κ3) is 6.18. The monoisotopic (exact) mass is 691 g/mol. The lowest BCUT2D eigenvalue weighted by Gasteiger charge is -2.38. The van der Waals surface area contributed by atoms with Crippen molar-refractivity contribution in [1.82, 2.24) is 10.2 Å². The van der Waals surface area contributed by atoms with E-state index >= 15 is 0 Å². The molecule has 12 heteroatoms. The van der Waals surface area contributed by atoms with Gasteiger partial charge in [0.15, 0.2) is 0 Å². The number of methoxy groups -OCH3 is 1. The Kier molecular flexibility index (Phi) is 10.3. The van der Waals surface area contributed by atoms with Crippen molar-refractivity contribution in [2.24, 2.45) is 11.8 Å². The zero-order chi connectivity index (χ0) is 34.9. The molecule has 0 radical (unpaired) electrons. The first-order valence-electron chi connectivity index (χ1n) is 16.7. The van der Waals surface area contributed by atoms with Crippen LogP contribution in [0.4, 0.5) is 5.69 Å². The summed E-state index contributed by atoms with van der Waals surface area (Å²) in [6.45, 7) is 3.50. The van der Waals surface area contributed by atoms with Gasteiger partial charge in [0.1, 0.15) is 23.7 Å². The summed E-state index contributed by atoms with van der Waals surface area (Å²) in [5, 5.41) is 13.8. The first kappa shape index (κ1) is 34.8. The van der Waals surface area contributed by atoms with E-state index in [9.17, 15) is 24.3 Å². The van der Waals surface area contributed by atoms with Gasteiger partial charge in [0.2, 0.25) is 11.8 Å². The van der Waals surface area contributed by atoms with Crippen LogP contribution in [-0.4, -0.2) is 90.4 Å². The predicted molar refractivity (Wildman–Crippen MR) is 182 cm³/mol. The van der Waals surface area contributed by atoms with Crippen LogP contribution in [0.3, 0.4) is 0 Å². The maximum Gasteiger partial charge on any atom is 0.313 e. The Bertz CT molecular complexity index is 1620. The molecule has 4 heterocycles. The maximum absolute atomic E-state index is 14.9. The lowest BCUT2D eigenvalue weighted by molar-refractivity contribution is -0.162. The average Bonchev–Trinajstić information content (AvgIpc) is 3.48. The number of fused-ring (bicyclic) bond motifs is 2. The van der Waals surface area contributed by atoms with Crippen LogP contribution in [0.1, 0.15) is 43.4 Å². The van der Waals surface area contributed by atoms with Crippen molar-refractivity contribution in [1.29, 1.82) is 0 Å². The zero-order valence-electron chi connectivity index (χ0n) is 27.8. The van der Waals surface area contributed by atoms with Crippen LogP contribution < -0.4 is 10.2 Å². The number of carbonyl (C=O) groups is 4. The molecule has 1 spiro atoms. The first-order valence-corrected chi connectivity index (χ1v) is 17.1. The van der Waals surface area contributed by atoms with Crippen LogP contribution >= 0.6 is 11.6 Å². The lowest BCUT2D eigenvalue weighted by atomic mass is 9.77. The predicted octanol–water partition coefficient (Wildman–Crippen LogP) is 3.67. The number of rotatable bonds is 7. The van der Waals surface area contributed by atoms with Crippen LogP contribution in [0.15, 0.2) is 72.8 Å². The van der Waals surface area contributed by atoms with Crippen molar-refractivity contribution in [2.45, 2.75) is 69.0 Å². The topological polar surface area (TPSA) is 135 Å². The number of anilines is 1. The molecule has 0 aromatic heterocycles. The Morgan fingerprint density at radius 3 is 2.55 bits per heavy atom. The smallest absolute Gasteiger partial charge is 0.313 e. The van der Waals surface area contributed by atoms with E-state index in [0.29, 0.717) is 29.1 Å². The zero-order valence-corrected chi connectivity index (χ0v) is 28.5. The number of amides is 3. The number of nitrogens with one attached hydrogen (secondary N) is 1. The van der Waals surface area contributed by atoms with E-state index in [-0.39, 0.29) is 25.5 Å². The third-order valence-electron chi connectivity index (χ3n) is 10.0. The van der Waals surface area contributed by atoms with Gasteiger partial charge in [-0.1, -0.05) is 85.3 Å². The van der Waals surface area contributed by atoms with Gasteiger partial charge in [0, 0.05) is 20.1 Å². The molecule has 2 aromatic carbocycles. The second-order valence-corrected chi connectivity index (χ2v) is 13.4. The van der Waals surface area contributed by atoms with E-state index in [1.54, 1.807) is 65.6 Å². The highest BCUT2D eigenvalue weighted by molar-refractivity contribution is 6.34. The van der Waals surface area contributed by atoms with E-state index in [1.165, 1.54) is 12.0 Å². The summed E-state index contributed by atoms with van der Waals surface area (Å²) >= 11 is 6.66. The number of hydrogen-bond donors (Lipinski definition) is 2. The van der Waals surface area contributed by atoms with Crippen LogP contribution in [0, 0.1) is 18.8 Å². The van der Waals surface area contributed by atoms with Gasteiger partial charge >= 0.3 is 5.97 Å². The minimum atomic E-state index is -1.57. The number of allylic oxidation sites excluding steroid dienone is 1. The van der Waals surface area contributed by atoms with Crippen LogP contribution in [0.5, 0.6) is 0 Å². The molecule has 2 N–H and O–H groups in total. The van der Waals surface area contributed by atoms with E-state index < -0.39 is 72.2 Å². The molecule has 2 saturated heterocycles. The summed E-state index contributed by atoms with van der Waals surface area (Å²) in [4.78, 5) is 60.2. The fourth-order valence-corrected chi connectivity index (χ4v) is 8.13. The van der Waals surface area contributed by atoms with Gasteiger partial charge in [0.05, 0.1) is 48.0 Å². The number of ether oxygens (including phenoxy) is 3. The summed E-state index contributed by atoms with van der Waals surface area (Å²) < 4.78 is 18.5. The Morgan fingerprint density at radius 2 is 1.86 bits per heavy atom. The molecule has 0 bridgehead atoms. The van der Waals surface area contributed by atoms with Gasteiger partial charge in [-0.2, -0.15) is 0 Å². The number of esters is 1. The van der Waals surface area contributed by atoms with Crippen molar-refractivity contribution in [3.05, 3.63) is 89.0 Å². The Balaban J connectivity index is 1.48. The minimum absolute atomic E-state index is 0.0599. The molecular formula is C37H42ClN3O8. The normalized spacial score (nSPS) is 31.4. The SMILES string of the molecule is CC[C@@H](CO)N1C(=O)[C@H]2[C@@H]3C(=O)O[C@@H](c4ccccc4)[C@H](COC)NC(=O)CC/C=C\[C@@H]3O[C@]23C=CCN(c2c(C)cccc2Cl)C(=O)[C@H]13. The first-order chi connectivity index (χ1) is 23.7. The Labute approximate surface area is 290 Å². The van der Waals surface area contributed by atoms with Gasteiger partial charge < -0.3 is 34.4 Å². The molecular weight excluding hydrogens is 650 g/mol. The van der Waals surface area contributed by atoms with Crippen molar-refractivity contribution in [3.8, 4) is 0 Å². The fourth-order valence-electron chi connectivity index (χ4n) is 7.80. The highest BCUT2D eigenvalue weighted by Crippen LogP contribution is 2.54. The number of cyclic esters (lactones) is 1. The van der Waals surface area contributed by atoms with E-state index in [1.807, 2.05) is 26.0 Å². The summed E-state index contributed by atoms with van der Waals surface area (Å²) in [6, 6.07) is 11.7. The summed E-state index contributed by atoms with van der Waals surface area (Å²) in [7, 11) is 1.50. The number of halogens is 1. The molecule has 3 amide bonds. The third-order valence-corrected chi connectivity index (χ3v) is 10.3. The Morgan fingerprint density at radius 1 is 1.08 bits per heavy atom. The number of aliphatic hydroxyl groups excluding tert-OH is 1. The quantitative estimate of drug-likeness (QED) is 0.332. The molecule has 260 valence electrons. The Hall–Kier alpha value is -4.03. The van der Waals surface area contributed by atoms with Gasteiger partial charge in [-0.3, -0.25) is 19.2 Å². The number of nitrogens with zero attached hydrogens (tertiary/aromatic N) is 2. The summed E-state index contributed by atoms with van der Waals surface area (Å²) in [6.07, 6.45) is 5.91. The van der Waals surface area contributed by atoms with Crippen LogP contribution in [0.25, 0.3) is 0 Å². The van der Waals surface area contributed by atoms with Crippen molar-refractivity contribution >= 4 is 41.0 Å². The minimum Gasteiger partial charge on any atom is -0.455 e. The molecule has 2 aromatic rings. The number of para-hydroxylation sites is 1. The molecule has 8 atom stereocenters. The number of aryl methyl sites for hydroxylation is 1. The molecule has 4 aliphatic rings. The van der Waals surface area contributed by atoms with Gasteiger partial charge in [0.25, 0.3) is 5.91 Å². The largest absolute Gasteiger partial charge is 0.455 e. The number of hydrogen-bond acceptors (Lipinski definition) is 8. The van der Waals surface area contributed by atoms with Crippen LogP contribution in [0.2, 0.25) is 5.02 Å². The summed E-state index contributed by atoms with van der Waals surface area (Å²) in [5.74, 6) is -4.17. The van der Waals surface area contributed by atoms with E-state index in [4.69, 9.17) is 25.8 Å². The molecule has 0 unspecified atom stereocenters. The van der Waals surface area contributed by atoms with Gasteiger partial charge in [-0.15, -0.1) is 0 Å². The molecule has 0 saturated carbocycles. The highest BCUT2D eigenvalue weighted by atomic mass is 35.5. The molecule has 49 heavy (non-hydrogen) atoms.